The third-order valence-corrected chi connectivity index (χ3v) is 7.21. The van der Waals surface area contributed by atoms with E-state index in [9.17, 15) is 4.39 Å². The third-order valence-electron chi connectivity index (χ3n) is 7.21. The van der Waals surface area contributed by atoms with Gasteiger partial charge < -0.3 is 15.0 Å². The number of rotatable bonds is 5. The van der Waals surface area contributed by atoms with Crippen LogP contribution in [0.5, 0.6) is 6.01 Å². The maximum Gasteiger partial charge on any atom is 0.299 e. The standard InChI is InChI=1S/C26H24FN7O/c1-25(2)14-35-24-31-20-22(32-21(33-23(20)34(24)25)15-9-16(27)11-28-10-15)30-13-26(7-8-26)18-12-29-19-6-4-3-5-17(18)19/h3-6,9-12,29H,7-8,13-14H2,1-2H3,(H,30,32,33). The molecule has 7 rings (SSSR count). The lowest BCUT2D eigenvalue weighted by Crippen LogP contribution is -2.26. The fraction of sp³-hybridized carbons (Fsp3) is 0.308. The maximum absolute atomic E-state index is 14.0. The number of aromatic amines is 1. The highest BCUT2D eigenvalue weighted by molar-refractivity contribution is 5.87. The minimum absolute atomic E-state index is 0.0235. The summed E-state index contributed by atoms with van der Waals surface area (Å²) >= 11 is 0. The predicted octanol–water partition coefficient (Wildman–Crippen LogP) is 4.78. The highest BCUT2D eigenvalue weighted by atomic mass is 19.1. The molecule has 2 aliphatic rings. The van der Waals surface area contributed by atoms with Crippen LogP contribution in [0.1, 0.15) is 32.3 Å². The zero-order valence-corrected chi connectivity index (χ0v) is 19.5. The Morgan fingerprint density at radius 1 is 1.14 bits per heavy atom. The van der Waals surface area contributed by atoms with E-state index in [2.05, 4.69) is 53.5 Å². The molecule has 0 radical (unpaired) electrons. The van der Waals surface area contributed by atoms with E-state index in [0.29, 0.717) is 47.5 Å². The highest BCUT2D eigenvalue weighted by Gasteiger charge is 2.46. The van der Waals surface area contributed by atoms with Crippen LogP contribution in [0.3, 0.4) is 0 Å². The molecule has 0 unspecified atom stereocenters. The van der Waals surface area contributed by atoms with Gasteiger partial charge in [0, 0.05) is 40.8 Å². The topological polar surface area (TPSA) is 93.5 Å². The maximum atomic E-state index is 14.0. The average molecular weight is 470 g/mol. The van der Waals surface area contributed by atoms with E-state index in [0.717, 1.165) is 18.4 Å². The summed E-state index contributed by atoms with van der Waals surface area (Å²) in [5.74, 6) is 0.579. The fourth-order valence-electron chi connectivity index (χ4n) is 5.13. The normalized spacial score (nSPS) is 17.5. The van der Waals surface area contributed by atoms with E-state index in [1.54, 1.807) is 6.20 Å². The van der Waals surface area contributed by atoms with Crippen LogP contribution in [0.25, 0.3) is 33.5 Å². The molecule has 9 heteroatoms. The summed E-state index contributed by atoms with van der Waals surface area (Å²) in [6.07, 6.45) is 7.05. The molecule has 1 aromatic carbocycles. The van der Waals surface area contributed by atoms with Crippen LogP contribution in [0.4, 0.5) is 10.2 Å². The predicted molar refractivity (Wildman–Crippen MR) is 131 cm³/mol. The molecule has 35 heavy (non-hydrogen) atoms. The number of fused-ring (bicyclic) bond motifs is 4. The smallest absolute Gasteiger partial charge is 0.299 e. The van der Waals surface area contributed by atoms with E-state index < -0.39 is 5.82 Å². The van der Waals surface area contributed by atoms with Gasteiger partial charge in [-0.3, -0.25) is 9.55 Å². The zero-order valence-electron chi connectivity index (χ0n) is 19.5. The first-order chi connectivity index (χ1) is 16.9. The number of imidazole rings is 1. The molecule has 1 saturated carbocycles. The monoisotopic (exact) mass is 469 g/mol. The van der Waals surface area contributed by atoms with E-state index in [-0.39, 0.29) is 11.0 Å². The van der Waals surface area contributed by atoms with Gasteiger partial charge in [0.05, 0.1) is 11.7 Å². The second-order valence-corrected chi connectivity index (χ2v) is 10.2. The zero-order chi connectivity index (χ0) is 23.8. The number of nitrogens with one attached hydrogen (secondary N) is 2. The van der Waals surface area contributed by atoms with Crippen LogP contribution in [-0.4, -0.2) is 42.6 Å². The largest absolute Gasteiger partial charge is 0.462 e. The van der Waals surface area contributed by atoms with Crippen LogP contribution >= 0.6 is 0 Å². The number of anilines is 1. The van der Waals surface area contributed by atoms with E-state index in [1.165, 1.54) is 23.2 Å². The SMILES string of the molecule is CC1(C)COc2nc3c(NCC4(c5c[nH]c6ccccc56)CC4)nc(-c4cncc(F)c4)nc3n21. The first-order valence-electron chi connectivity index (χ1n) is 11.8. The molecule has 0 saturated heterocycles. The van der Waals surface area contributed by atoms with Gasteiger partial charge >= 0.3 is 0 Å². The molecule has 1 fully saturated rings. The van der Waals surface area contributed by atoms with Crippen LogP contribution < -0.4 is 10.1 Å². The van der Waals surface area contributed by atoms with Gasteiger partial charge in [0.2, 0.25) is 0 Å². The number of benzene rings is 1. The van der Waals surface area contributed by atoms with Crippen molar-refractivity contribution in [3.63, 3.8) is 0 Å². The molecule has 5 aromatic rings. The molecule has 0 atom stereocenters. The van der Waals surface area contributed by atoms with Crippen molar-refractivity contribution in [2.45, 2.75) is 37.6 Å². The number of pyridine rings is 1. The van der Waals surface area contributed by atoms with Gasteiger partial charge in [0.1, 0.15) is 12.4 Å². The van der Waals surface area contributed by atoms with Gasteiger partial charge in [-0.25, -0.2) is 14.4 Å². The van der Waals surface area contributed by atoms with Crippen LogP contribution in [0.15, 0.2) is 48.9 Å². The molecule has 0 amide bonds. The quantitative estimate of drug-likeness (QED) is 0.385. The van der Waals surface area contributed by atoms with Crippen molar-refractivity contribution >= 4 is 27.9 Å². The van der Waals surface area contributed by atoms with Crippen molar-refractivity contribution in [3.05, 3.63) is 60.3 Å². The van der Waals surface area contributed by atoms with Gasteiger partial charge in [-0.05, 0) is 44.4 Å². The number of nitrogens with zero attached hydrogens (tertiary/aromatic N) is 5. The second kappa shape index (κ2) is 7.00. The molecular weight excluding hydrogens is 445 g/mol. The van der Waals surface area contributed by atoms with Crippen molar-refractivity contribution in [3.8, 4) is 17.4 Å². The number of aromatic nitrogens is 6. The van der Waals surface area contributed by atoms with Gasteiger partial charge in [0.25, 0.3) is 6.01 Å². The van der Waals surface area contributed by atoms with Crippen LogP contribution in [0.2, 0.25) is 0 Å². The van der Waals surface area contributed by atoms with E-state index in [1.807, 2.05) is 10.6 Å². The Hall–Kier alpha value is -4.01. The number of hydrogen-bond acceptors (Lipinski definition) is 6. The van der Waals surface area contributed by atoms with Crippen molar-refractivity contribution in [1.82, 2.24) is 29.5 Å². The summed E-state index contributed by atoms with van der Waals surface area (Å²) in [5.41, 5.74) is 4.00. The number of H-pyrrole nitrogens is 1. The molecule has 1 aliphatic carbocycles. The first kappa shape index (κ1) is 20.4. The lowest BCUT2D eigenvalue weighted by molar-refractivity contribution is 0.268. The van der Waals surface area contributed by atoms with Crippen LogP contribution in [0, 0.1) is 5.82 Å². The Labute approximate surface area is 200 Å². The number of ether oxygens (including phenoxy) is 1. The lowest BCUT2D eigenvalue weighted by Gasteiger charge is -2.19. The molecule has 0 bridgehead atoms. The lowest BCUT2D eigenvalue weighted by atomic mass is 9.95. The first-order valence-corrected chi connectivity index (χ1v) is 11.8. The number of halogens is 1. The minimum atomic E-state index is -0.431. The van der Waals surface area contributed by atoms with Crippen LogP contribution in [-0.2, 0) is 11.0 Å². The molecule has 8 nitrogen and oxygen atoms in total. The summed E-state index contributed by atoms with van der Waals surface area (Å²) in [4.78, 5) is 21.7. The summed E-state index contributed by atoms with van der Waals surface area (Å²) < 4.78 is 21.8. The van der Waals surface area contributed by atoms with Crippen molar-refractivity contribution in [1.29, 1.82) is 0 Å². The summed E-state index contributed by atoms with van der Waals surface area (Å²) in [7, 11) is 0. The third kappa shape index (κ3) is 3.10. The van der Waals surface area contributed by atoms with Crippen molar-refractivity contribution in [2.75, 3.05) is 18.5 Å². The second-order valence-electron chi connectivity index (χ2n) is 10.2. The van der Waals surface area contributed by atoms with Gasteiger partial charge in [-0.1, -0.05) is 18.2 Å². The number of para-hydroxylation sites is 1. The molecule has 2 N–H and O–H groups in total. The molecule has 0 spiro atoms. The Kier molecular flexibility index (Phi) is 4.08. The molecule has 1 aliphatic heterocycles. The minimum Gasteiger partial charge on any atom is -0.462 e. The van der Waals surface area contributed by atoms with Gasteiger partial charge in [-0.15, -0.1) is 0 Å². The van der Waals surface area contributed by atoms with Gasteiger partial charge in [0.15, 0.2) is 22.8 Å². The average Bonchev–Trinajstić information content (AvgIpc) is 3.20. The van der Waals surface area contributed by atoms with E-state index in [4.69, 9.17) is 19.7 Å². The molecule has 5 heterocycles. The Bertz CT molecular complexity index is 1620. The molecular formula is C26H24FN7O. The number of hydrogen-bond donors (Lipinski definition) is 2. The Morgan fingerprint density at radius 3 is 2.83 bits per heavy atom. The molecule has 176 valence electrons. The fourth-order valence-corrected chi connectivity index (χ4v) is 5.13. The van der Waals surface area contributed by atoms with E-state index >= 15 is 0 Å². The van der Waals surface area contributed by atoms with Gasteiger partial charge in [-0.2, -0.15) is 4.98 Å². The van der Waals surface area contributed by atoms with Crippen molar-refractivity contribution in [2.24, 2.45) is 0 Å². The van der Waals surface area contributed by atoms with Crippen molar-refractivity contribution < 1.29 is 9.13 Å². The highest BCUT2D eigenvalue weighted by Crippen LogP contribution is 2.50. The summed E-state index contributed by atoms with van der Waals surface area (Å²) in [6.45, 7) is 5.38. The Balaban J connectivity index is 1.32. The molecule has 4 aromatic heterocycles. The summed E-state index contributed by atoms with van der Waals surface area (Å²) in [5, 5.41) is 4.83. The Morgan fingerprint density at radius 2 is 2.00 bits per heavy atom. The summed E-state index contributed by atoms with van der Waals surface area (Å²) in [6, 6.07) is 10.3.